The van der Waals surface area contributed by atoms with Crippen molar-refractivity contribution >= 4 is 15.9 Å². The summed E-state index contributed by atoms with van der Waals surface area (Å²) < 4.78 is 25.6. The van der Waals surface area contributed by atoms with Gasteiger partial charge in [0, 0.05) is 6.54 Å². The SMILES string of the molecule is CC[C@H](NC(=O)CN(Cc1ccccc1)S(C)(=O)=O)c1ccc2c(c1)CCCC2. The monoisotopic (exact) mass is 414 g/mol. The number of carbonyl (C=O) groups excluding carboxylic acids is 1. The third kappa shape index (κ3) is 5.90. The highest BCUT2D eigenvalue weighted by atomic mass is 32.2. The molecule has 1 aliphatic rings. The molecule has 0 aliphatic heterocycles. The van der Waals surface area contributed by atoms with E-state index in [4.69, 9.17) is 0 Å². The van der Waals surface area contributed by atoms with Crippen molar-refractivity contribution in [1.29, 1.82) is 0 Å². The van der Waals surface area contributed by atoms with E-state index in [-0.39, 0.29) is 25.0 Å². The van der Waals surface area contributed by atoms with Gasteiger partial charge >= 0.3 is 0 Å². The van der Waals surface area contributed by atoms with Crippen LogP contribution < -0.4 is 5.32 Å². The van der Waals surface area contributed by atoms with Crippen molar-refractivity contribution in [2.75, 3.05) is 12.8 Å². The molecule has 6 heteroatoms. The third-order valence-electron chi connectivity index (χ3n) is 5.51. The van der Waals surface area contributed by atoms with Crippen LogP contribution in [0.3, 0.4) is 0 Å². The average molecular weight is 415 g/mol. The molecule has 3 rings (SSSR count). The normalized spacial score (nSPS) is 15.0. The van der Waals surface area contributed by atoms with Crippen molar-refractivity contribution in [3.63, 3.8) is 0 Å². The lowest BCUT2D eigenvalue weighted by molar-refractivity contribution is -0.122. The molecule has 1 N–H and O–H groups in total. The van der Waals surface area contributed by atoms with E-state index in [1.165, 1.54) is 28.3 Å². The molecule has 0 heterocycles. The van der Waals surface area contributed by atoms with Gasteiger partial charge in [-0.3, -0.25) is 4.79 Å². The summed E-state index contributed by atoms with van der Waals surface area (Å²) in [6.07, 6.45) is 6.56. The van der Waals surface area contributed by atoms with Crippen molar-refractivity contribution in [2.24, 2.45) is 0 Å². The number of sulfonamides is 1. The number of carbonyl (C=O) groups is 1. The molecule has 0 radical (unpaired) electrons. The highest BCUT2D eigenvalue weighted by Crippen LogP contribution is 2.26. The minimum absolute atomic E-state index is 0.118. The number of benzene rings is 2. The first-order valence-electron chi connectivity index (χ1n) is 10.3. The molecule has 0 fully saturated rings. The average Bonchev–Trinajstić information content (AvgIpc) is 2.71. The number of hydrogen-bond donors (Lipinski definition) is 1. The molecule has 0 saturated carbocycles. The Morgan fingerprint density at radius 2 is 1.76 bits per heavy atom. The molecule has 156 valence electrons. The summed E-state index contributed by atoms with van der Waals surface area (Å²) in [7, 11) is -3.50. The van der Waals surface area contributed by atoms with Crippen molar-refractivity contribution < 1.29 is 13.2 Å². The summed E-state index contributed by atoms with van der Waals surface area (Å²) in [5, 5.41) is 3.03. The van der Waals surface area contributed by atoms with Crippen LogP contribution in [0.25, 0.3) is 0 Å². The fourth-order valence-electron chi connectivity index (χ4n) is 3.87. The second-order valence-corrected chi connectivity index (χ2v) is 9.76. The van der Waals surface area contributed by atoms with Crippen molar-refractivity contribution in [3.05, 3.63) is 70.8 Å². The van der Waals surface area contributed by atoms with E-state index in [0.29, 0.717) is 0 Å². The van der Waals surface area contributed by atoms with E-state index in [1.807, 2.05) is 37.3 Å². The molecule has 5 nitrogen and oxygen atoms in total. The Bertz CT molecular complexity index is 942. The van der Waals surface area contributed by atoms with Crippen LogP contribution in [-0.4, -0.2) is 31.4 Å². The Morgan fingerprint density at radius 3 is 2.41 bits per heavy atom. The van der Waals surface area contributed by atoms with Gasteiger partial charge < -0.3 is 5.32 Å². The van der Waals surface area contributed by atoms with Crippen molar-refractivity contribution in [1.82, 2.24) is 9.62 Å². The quantitative estimate of drug-likeness (QED) is 0.718. The summed E-state index contributed by atoms with van der Waals surface area (Å²) >= 11 is 0. The second-order valence-electron chi connectivity index (χ2n) is 7.78. The molecule has 0 bridgehead atoms. The first-order valence-corrected chi connectivity index (χ1v) is 12.1. The fourth-order valence-corrected chi connectivity index (χ4v) is 4.60. The standard InChI is InChI=1S/C23H30N2O3S/c1-3-22(21-14-13-19-11-7-8-12-20(19)15-21)24-23(26)17-25(29(2,27)28)16-18-9-5-4-6-10-18/h4-6,9-10,13-15,22H,3,7-8,11-12,16-17H2,1-2H3,(H,24,26)/t22-/m0/s1. The molecule has 1 aliphatic carbocycles. The Balaban J connectivity index is 1.69. The Morgan fingerprint density at radius 1 is 1.07 bits per heavy atom. The number of fused-ring (bicyclic) bond motifs is 1. The zero-order valence-corrected chi connectivity index (χ0v) is 18.0. The highest BCUT2D eigenvalue weighted by molar-refractivity contribution is 7.88. The van der Waals surface area contributed by atoms with E-state index in [0.717, 1.165) is 36.6 Å². The Kier molecular flexibility index (Phi) is 7.09. The molecule has 1 amide bonds. The maximum Gasteiger partial charge on any atom is 0.235 e. The van der Waals surface area contributed by atoms with Crippen LogP contribution in [0.5, 0.6) is 0 Å². The maximum atomic E-state index is 12.7. The van der Waals surface area contributed by atoms with Gasteiger partial charge in [0.05, 0.1) is 18.8 Å². The summed E-state index contributed by atoms with van der Waals surface area (Å²) in [5.74, 6) is -0.282. The number of nitrogens with one attached hydrogen (secondary N) is 1. The smallest absolute Gasteiger partial charge is 0.235 e. The minimum Gasteiger partial charge on any atom is -0.348 e. The molecule has 0 unspecified atom stereocenters. The first kappa shape index (κ1) is 21.5. The van der Waals surface area contributed by atoms with Crippen molar-refractivity contribution in [3.8, 4) is 0 Å². The van der Waals surface area contributed by atoms with Gasteiger partial charge in [-0.1, -0.05) is 55.5 Å². The Labute approximate surface area is 174 Å². The number of aryl methyl sites for hydroxylation is 2. The second kappa shape index (κ2) is 9.55. The molecule has 2 aromatic carbocycles. The first-order chi connectivity index (χ1) is 13.9. The molecule has 2 aromatic rings. The molecule has 0 saturated heterocycles. The number of hydrogen-bond acceptors (Lipinski definition) is 3. The third-order valence-corrected chi connectivity index (χ3v) is 6.71. The van der Waals surface area contributed by atoms with Crippen LogP contribution in [0.1, 0.15) is 54.5 Å². The lowest BCUT2D eigenvalue weighted by Crippen LogP contribution is -2.41. The van der Waals surface area contributed by atoms with Crippen LogP contribution in [0, 0.1) is 0 Å². The largest absolute Gasteiger partial charge is 0.348 e. The van der Waals surface area contributed by atoms with E-state index >= 15 is 0 Å². The van der Waals surface area contributed by atoms with Crippen LogP contribution in [0.4, 0.5) is 0 Å². The molecular weight excluding hydrogens is 384 g/mol. The van der Waals surface area contributed by atoms with Gasteiger partial charge in [0.25, 0.3) is 0 Å². The topological polar surface area (TPSA) is 66.5 Å². The fraction of sp³-hybridized carbons (Fsp3) is 0.435. The predicted molar refractivity (Wildman–Crippen MR) is 116 cm³/mol. The minimum atomic E-state index is -3.50. The highest BCUT2D eigenvalue weighted by Gasteiger charge is 2.23. The lowest BCUT2D eigenvalue weighted by atomic mass is 9.89. The van der Waals surface area contributed by atoms with Gasteiger partial charge in [0.15, 0.2) is 0 Å². The van der Waals surface area contributed by atoms with E-state index in [9.17, 15) is 13.2 Å². The van der Waals surface area contributed by atoms with Crippen molar-refractivity contribution in [2.45, 2.75) is 51.6 Å². The van der Waals surface area contributed by atoms with Crippen LogP contribution in [0.2, 0.25) is 0 Å². The number of rotatable bonds is 8. The molecule has 1 atom stereocenters. The van der Waals surface area contributed by atoms with Crippen LogP contribution >= 0.6 is 0 Å². The molecule has 0 aromatic heterocycles. The zero-order chi connectivity index (χ0) is 20.9. The summed E-state index contributed by atoms with van der Waals surface area (Å²) in [5.41, 5.74) is 4.73. The number of nitrogens with zero attached hydrogens (tertiary/aromatic N) is 1. The van der Waals surface area contributed by atoms with Crippen LogP contribution in [0.15, 0.2) is 48.5 Å². The lowest BCUT2D eigenvalue weighted by Gasteiger charge is -2.24. The van der Waals surface area contributed by atoms with Gasteiger partial charge in [0.2, 0.25) is 15.9 Å². The van der Waals surface area contributed by atoms with Crippen LogP contribution in [-0.2, 0) is 34.2 Å². The van der Waals surface area contributed by atoms with Gasteiger partial charge in [0.1, 0.15) is 0 Å². The van der Waals surface area contributed by atoms with Gasteiger partial charge in [-0.25, -0.2) is 8.42 Å². The van der Waals surface area contributed by atoms with Gasteiger partial charge in [-0.05, 0) is 54.4 Å². The maximum absolute atomic E-state index is 12.7. The Hall–Kier alpha value is -2.18. The van der Waals surface area contributed by atoms with E-state index in [2.05, 4.69) is 23.5 Å². The number of amides is 1. The van der Waals surface area contributed by atoms with Gasteiger partial charge in [-0.2, -0.15) is 4.31 Å². The molecular formula is C23H30N2O3S. The summed E-state index contributed by atoms with van der Waals surface area (Å²) in [6.45, 7) is 2.03. The summed E-state index contributed by atoms with van der Waals surface area (Å²) in [4.78, 5) is 12.7. The molecule has 29 heavy (non-hydrogen) atoms. The van der Waals surface area contributed by atoms with E-state index in [1.54, 1.807) is 0 Å². The zero-order valence-electron chi connectivity index (χ0n) is 17.2. The predicted octanol–water partition coefficient (Wildman–Crippen LogP) is 3.59. The molecule has 0 spiro atoms. The van der Waals surface area contributed by atoms with Gasteiger partial charge in [-0.15, -0.1) is 0 Å². The summed E-state index contributed by atoms with van der Waals surface area (Å²) in [6, 6.07) is 15.7. The van der Waals surface area contributed by atoms with E-state index < -0.39 is 10.0 Å².